The van der Waals surface area contributed by atoms with Gasteiger partial charge in [0.15, 0.2) is 5.76 Å². The molecular formula is C20H25N3O3. The van der Waals surface area contributed by atoms with Crippen molar-refractivity contribution in [3.63, 3.8) is 0 Å². The third-order valence-electron chi connectivity index (χ3n) is 4.48. The van der Waals surface area contributed by atoms with E-state index in [0.717, 1.165) is 18.8 Å². The van der Waals surface area contributed by atoms with Gasteiger partial charge in [-0.1, -0.05) is 0 Å². The summed E-state index contributed by atoms with van der Waals surface area (Å²) in [6.07, 6.45) is 6.19. The number of piperidine rings is 1. The summed E-state index contributed by atoms with van der Waals surface area (Å²) in [5.74, 6) is -0.0325. The lowest BCUT2D eigenvalue weighted by molar-refractivity contribution is -0.116. The molecule has 1 fully saturated rings. The molecule has 0 bridgehead atoms. The first-order chi connectivity index (χ1) is 12.7. The van der Waals surface area contributed by atoms with E-state index in [0.29, 0.717) is 19.4 Å². The van der Waals surface area contributed by atoms with E-state index in [2.05, 4.69) is 27.7 Å². The largest absolute Gasteiger partial charge is 0.459 e. The van der Waals surface area contributed by atoms with Gasteiger partial charge in [0.25, 0.3) is 5.91 Å². The summed E-state index contributed by atoms with van der Waals surface area (Å²) in [6, 6.07) is 11.3. The highest BCUT2D eigenvalue weighted by Gasteiger charge is 2.11. The molecule has 26 heavy (non-hydrogen) atoms. The third kappa shape index (κ3) is 5.12. The number of hydrogen-bond acceptors (Lipinski definition) is 4. The quantitative estimate of drug-likeness (QED) is 0.746. The van der Waals surface area contributed by atoms with Crippen molar-refractivity contribution >= 4 is 23.2 Å². The minimum atomic E-state index is -0.260. The topological polar surface area (TPSA) is 74.6 Å². The molecule has 2 aromatic rings. The maximum Gasteiger partial charge on any atom is 0.286 e. The SMILES string of the molecule is O=C(CCCNC(=O)c1ccco1)Nc1ccc(N2CCCCC2)cc1. The van der Waals surface area contributed by atoms with Gasteiger partial charge in [-0.25, -0.2) is 0 Å². The Labute approximate surface area is 153 Å². The lowest BCUT2D eigenvalue weighted by Crippen LogP contribution is -2.29. The fourth-order valence-electron chi connectivity index (χ4n) is 3.08. The van der Waals surface area contributed by atoms with Crippen molar-refractivity contribution in [3.05, 3.63) is 48.4 Å². The standard InChI is InChI=1S/C20H25N3O3/c24-19(7-4-12-21-20(25)18-6-5-15-26-18)22-16-8-10-17(11-9-16)23-13-2-1-3-14-23/h5-6,8-11,15H,1-4,7,12-14H2,(H,21,25)(H,22,24). The summed E-state index contributed by atoms with van der Waals surface area (Å²) in [5.41, 5.74) is 2.01. The van der Waals surface area contributed by atoms with Crippen molar-refractivity contribution in [1.82, 2.24) is 5.32 Å². The van der Waals surface area contributed by atoms with Crippen molar-refractivity contribution in [3.8, 4) is 0 Å². The number of nitrogens with zero attached hydrogens (tertiary/aromatic N) is 1. The van der Waals surface area contributed by atoms with Crippen LogP contribution in [0.15, 0.2) is 47.1 Å². The van der Waals surface area contributed by atoms with Gasteiger partial charge in [-0.2, -0.15) is 0 Å². The Bertz CT molecular complexity index is 704. The van der Waals surface area contributed by atoms with Crippen molar-refractivity contribution in [2.24, 2.45) is 0 Å². The van der Waals surface area contributed by atoms with Crippen LogP contribution in [0.25, 0.3) is 0 Å². The highest BCUT2D eigenvalue weighted by molar-refractivity contribution is 5.92. The highest BCUT2D eigenvalue weighted by atomic mass is 16.3. The average Bonchev–Trinajstić information content (AvgIpc) is 3.21. The van der Waals surface area contributed by atoms with Gasteiger partial charge >= 0.3 is 0 Å². The highest BCUT2D eigenvalue weighted by Crippen LogP contribution is 2.21. The van der Waals surface area contributed by atoms with Gasteiger partial charge in [-0.15, -0.1) is 0 Å². The van der Waals surface area contributed by atoms with Gasteiger partial charge in [-0.3, -0.25) is 9.59 Å². The van der Waals surface area contributed by atoms with Crippen LogP contribution in [0, 0.1) is 0 Å². The Morgan fingerprint density at radius 3 is 2.50 bits per heavy atom. The Morgan fingerprint density at radius 2 is 1.81 bits per heavy atom. The molecule has 6 heteroatoms. The van der Waals surface area contributed by atoms with Crippen molar-refractivity contribution in [2.75, 3.05) is 29.9 Å². The molecule has 2 heterocycles. The van der Waals surface area contributed by atoms with E-state index in [1.54, 1.807) is 12.1 Å². The second kappa shape index (κ2) is 9.08. The molecule has 0 aliphatic carbocycles. The Morgan fingerprint density at radius 1 is 1.04 bits per heavy atom. The van der Waals surface area contributed by atoms with Crippen LogP contribution in [0.4, 0.5) is 11.4 Å². The number of carbonyl (C=O) groups is 2. The molecule has 3 rings (SSSR count). The Kier molecular flexibility index (Phi) is 6.30. The first-order valence-corrected chi connectivity index (χ1v) is 9.19. The molecule has 138 valence electrons. The summed E-state index contributed by atoms with van der Waals surface area (Å²) in [7, 11) is 0. The molecule has 1 aliphatic rings. The lowest BCUT2D eigenvalue weighted by atomic mass is 10.1. The molecule has 2 amide bonds. The number of nitrogens with one attached hydrogen (secondary N) is 2. The van der Waals surface area contributed by atoms with Gasteiger partial charge in [-0.05, 0) is 62.1 Å². The van der Waals surface area contributed by atoms with Gasteiger partial charge in [0, 0.05) is 37.4 Å². The zero-order valence-corrected chi connectivity index (χ0v) is 14.9. The second-order valence-electron chi connectivity index (χ2n) is 6.48. The maximum absolute atomic E-state index is 12.0. The summed E-state index contributed by atoms with van der Waals surface area (Å²) in [5, 5.41) is 5.63. The molecule has 0 radical (unpaired) electrons. The van der Waals surface area contributed by atoms with E-state index in [9.17, 15) is 9.59 Å². The molecule has 1 aromatic carbocycles. The van der Waals surface area contributed by atoms with Crippen LogP contribution in [-0.4, -0.2) is 31.4 Å². The van der Waals surface area contributed by atoms with E-state index >= 15 is 0 Å². The van der Waals surface area contributed by atoms with Crippen molar-refractivity contribution < 1.29 is 14.0 Å². The van der Waals surface area contributed by atoms with E-state index in [1.165, 1.54) is 31.2 Å². The number of hydrogen-bond donors (Lipinski definition) is 2. The van der Waals surface area contributed by atoms with E-state index in [-0.39, 0.29) is 17.6 Å². The summed E-state index contributed by atoms with van der Waals surface area (Å²) >= 11 is 0. The minimum absolute atomic E-state index is 0.0528. The molecule has 0 atom stereocenters. The first-order valence-electron chi connectivity index (χ1n) is 9.19. The molecule has 1 aliphatic heterocycles. The molecule has 0 saturated carbocycles. The van der Waals surface area contributed by atoms with Crippen LogP contribution in [0.1, 0.15) is 42.7 Å². The number of amides is 2. The van der Waals surface area contributed by atoms with Crippen molar-refractivity contribution in [1.29, 1.82) is 0 Å². The first kappa shape index (κ1) is 18.0. The number of carbonyl (C=O) groups excluding carboxylic acids is 2. The Balaban J connectivity index is 1.37. The summed E-state index contributed by atoms with van der Waals surface area (Å²) < 4.78 is 5.01. The second-order valence-corrected chi connectivity index (χ2v) is 6.48. The van der Waals surface area contributed by atoms with Crippen LogP contribution in [-0.2, 0) is 4.79 Å². The zero-order valence-electron chi connectivity index (χ0n) is 14.9. The smallest absolute Gasteiger partial charge is 0.286 e. The van der Waals surface area contributed by atoms with Gasteiger partial charge < -0.3 is 20.0 Å². The van der Waals surface area contributed by atoms with Crippen LogP contribution in [0.2, 0.25) is 0 Å². The fraction of sp³-hybridized carbons (Fsp3) is 0.400. The Hall–Kier alpha value is -2.76. The molecule has 1 aromatic heterocycles. The third-order valence-corrected chi connectivity index (χ3v) is 4.48. The van der Waals surface area contributed by atoms with Crippen LogP contribution in [0.5, 0.6) is 0 Å². The van der Waals surface area contributed by atoms with E-state index in [4.69, 9.17) is 4.42 Å². The monoisotopic (exact) mass is 355 g/mol. The fourth-order valence-corrected chi connectivity index (χ4v) is 3.08. The molecule has 0 unspecified atom stereocenters. The van der Waals surface area contributed by atoms with E-state index < -0.39 is 0 Å². The predicted octanol–water partition coefficient (Wildman–Crippen LogP) is 3.42. The number of anilines is 2. The van der Waals surface area contributed by atoms with Gasteiger partial charge in [0.05, 0.1) is 6.26 Å². The van der Waals surface area contributed by atoms with Crippen LogP contribution in [0.3, 0.4) is 0 Å². The van der Waals surface area contributed by atoms with Gasteiger partial charge in [0.1, 0.15) is 0 Å². The number of rotatable bonds is 7. The zero-order chi connectivity index (χ0) is 18.2. The number of furan rings is 1. The predicted molar refractivity (Wildman–Crippen MR) is 101 cm³/mol. The van der Waals surface area contributed by atoms with Crippen molar-refractivity contribution in [2.45, 2.75) is 32.1 Å². The van der Waals surface area contributed by atoms with Crippen LogP contribution < -0.4 is 15.5 Å². The van der Waals surface area contributed by atoms with E-state index in [1.807, 2.05) is 12.1 Å². The van der Waals surface area contributed by atoms with Gasteiger partial charge in [0.2, 0.25) is 5.91 Å². The molecule has 6 nitrogen and oxygen atoms in total. The molecule has 2 N–H and O–H groups in total. The minimum Gasteiger partial charge on any atom is -0.459 e. The lowest BCUT2D eigenvalue weighted by Gasteiger charge is -2.28. The molecule has 1 saturated heterocycles. The summed E-state index contributed by atoms with van der Waals surface area (Å²) in [4.78, 5) is 26.1. The average molecular weight is 355 g/mol. The van der Waals surface area contributed by atoms with Crippen LogP contribution >= 0.6 is 0 Å². The molecule has 0 spiro atoms. The summed E-state index contributed by atoms with van der Waals surface area (Å²) in [6.45, 7) is 2.64. The number of benzene rings is 1. The maximum atomic E-state index is 12.0. The normalized spacial score (nSPS) is 14.1. The molecular weight excluding hydrogens is 330 g/mol.